The van der Waals surface area contributed by atoms with Crippen molar-refractivity contribution in [2.24, 2.45) is 0 Å². The first-order valence-electron chi connectivity index (χ1n) is 10.8. The van der Waals surface area contributed by atoms with Crippen LogP contribution in [0.4, 0.5) is 5.82 Å². The van der Waals surface area contributed by atoms with Crippen LogP contribution in [0.3, 0.4) is 0 Å². The molecule has 34 heavy (non-hydrogen) atoms. The summed E-state index contributed by atoms with van der Waals surface area (Å²) in [6.07, 6.45) is 2.99. The third-order valence-electron chi connectivity index (χ3n) is 5.16. The Morgan fingerprint density at radius 2 is 1.65 bits per heavy atom. The van der Waals surface area contributed by atoms with Crippen molar-refractivity contribution in [1.29, 1.82) is 0 Å². The Labute approximate surface area is 198 Å². The number of sulfonamides is 1. The molecule has 0 bridgehead atoms. The minimum Gasteiger partial charge on any atom is -0.379 e. The maximum Gasteiger partial charge on any atom is 0.252 e. The maximum absolute atomic E-state index is 12.7. The van der Waals surface area contributed by atoms with Crippen molar-refractivity contribution in [2.45, 2.75) is 25.7 Å². The molecule has 1 aliphatic heterocycles. The highest BCUT2D eigenvalue weighted by molar-refractivity contribution is 7.89. The molecule has 1 saturated heterocycles. The molecule has 0 spiro atoms. The highest BCUT2D eigenvalue weighted by atomic mass is 32.2. The minimum atomic E-state index is -3.56. The summed E-state index contributed by atoms with van der Waals surface area (Å²) in [5, 5.41) is 7.19. The molecule has 178 valence electrons. The van der Waals surface area contributed by atoms with Gasteiger partial charge in [0.15, 0.2) is 0 Å². The lowest BCUT2D eigenvalue weighted by atomic mass is 10.2. The number of hydrogen-bond donors (Lipinski definition) is 1. The molecule has 1 aliphatic rings. The van der Waals surface area contributed by atoms with Gasteiger partial charge in [0.05, 0.1) is 23.8 Å². The average molecular weight is 483 g/mol. The number of carbonyl (C=O) groups excluding carboxylic acids is 1. The molecule has 2 aromatic heterocycles. The second-order valence-corrected chi connectivity index (χ2v) is 9.88. The molecule has 1 aromatic carbocycles. The standard InChI is InChI=1S/C23H26N6O4S/c1-16-14-17(2)25-23(24-16)29-21(15-18(3)27-29)26-22(30)9-6-19-4-7-20(8-5-19)34(31,32)28-10-12-33-13-11-28/h4-9,14-15H,10-13H2,1-3H3,(H,26,30)/b9-6+. The number of carbonyl (C=O) groups is 1. The number of nitrogens with zero attached hydrogens (tertiary/aromatic N) is 5. The van der Waals surface area contributed by atoms with Gasteiger partial charge in [0.25, 0.3) is 5.95 Å². The normalized spacial score (nSPS) is 15.0. The molecular formula is C23H26N6O4S. The van der Waals surface area contributed by atoms with Crippen LogP contribution in [0.1, 0.15) is 22.6 Å². The lowest BCUT2D eigenvalue weighted by Gasteiger charge is -2.26. The second-order valence-electron chi connectivity index (χ2n) is 7.94. The quantitative estimate of drug-likeness (QED) is 0.535. The van der Waals surface area contributed by atoms with Crippen molar-refractivity contribution in [3.05, 3.63) is 65.1 Å². The van der Waals surface area contributed by atoms with E-state index < -0.39 is 10.0 Å². The first kappa shape index (κ1) is 23.7. The molecule has 11 heteroatoms. The number of hydrogen-bond acceptors (Lipinski definition) is 7. The van der Waals surface area contributed by atoms with Crippen molar-refractivity contribution in [3.63, 3.8) is 0 Å². The van der Waals surface area contributed by atoms with E-state index in [0.717, 1.165) is 11.4 Å². The van der Waals surface area contributed by atoms with Crippen molar-refractivity contribution < 1.29 is 17.9 Å². The van der Waals surface area contributed by atoms with E-state index in [1.165, 1.54) is 27.2 Å². The highest BCUT2D eigenvalue weighted by Crippen LogP contribution is 2.19. The molecule has 0 unspecified atom stereocenters. The maximum atomic E-state index is 12.7. The molecule has 1 fully saturated rings. The summed E-state index contributed by atoms with van der Waals surface area (Å²) in [7, 11) is -3.56. The third kappa shape index (κ3) is 5.38. The molecule has 0 radical (unpaired) electrons. The number of anilines is 1. The zero-order valence-electron chi connectivity index (χ0n) is 19.2. The zero-order chi connectivity index (χ0) is 24.3. The Kier molecular flexibility index (Phi) is 6.87. The smallest absolute Gasteiger partial charge is 0.252 e. The fourth-order valence-corrected chi connectivity index (χ4v) is 4.98. The van der Waals surface area contributed by atoms with Gasteiger partial charge in [0.2, 0.25) is 15.9 Å². The van der Waals surface area contributed by atoms with Crippen LogP contribution in [0.15, 0.2) is 47.4 Å². The summed E-state index contributed by atoms with van der Waals surface area (Å²) in [5.41, 5.74) is 3.00. The van der Waals surface area contributed by atoms with Crippen LogP contribution in [0.2, 0.25) is 0 Å². The molecule has 0 atom stereocenters. The highest BCUT2D eigenvalue weighted by Gasteiger charge is 2.26. The molecule has 10 nitrogen and oxygen atoms in total. The monoisotopic (exact) mass is 482 g/mol. The predicted molar refractivity (Wildman–Crippen MR) is 127 cm³/mol. The van der Waals surface area contributed by atoms with Crippen LogP contribution >= 0.6 is 0 Å². The summed E-state index contributed by atoms with van der Waals surface area (Å²) < 4.78 is 33.6. The van der Waals surface area contributed by atoms with Gasteiger partial charge in [-0.25, -0.2) is 18.4 Å². The first-order chi connectivity index (χ1) is 16.2. The number of morpholine rings is 1. The van der Waals surface area contributed by atoms with Gasteiger partial charge in [-0.15, -0.1) is 0 Å². The number of ether oxygens (including phenoxy) is 1. The average Bonchev–Trinajstić information content (AvgIpc) is 3.18. The molecule has 1 N–H and O–H groups in total. The third-order valence-corrected chi connectivity index (χ3v) is 7.07. The number of rotatable bonds is 6. The Hall–Kier alpha value is -3.41. The lowest BCUT2D eigenvalue weighted by molar-refractivity contribution is -0.111. The van der Waals surface area contributed by atoms with Gasteiger partial charge < -0.3 is 10.1 Å². The number of aryl methyl sites for hydroxylation is 3. The minimum absolute atomic E-state index is 0.212. The summed E-state index contributed by atoms with van der Waals surface area (Å²) in [4.78, 5) is 21.6. The molecule has 1 amide bonds. The Balaban J connectivity index is 1.46. The van der Waals surface area contributed by atoms with E-state index in [2.05, 4.69) is 20.4 Å². The number of nitrogens with one attached hydrogen (secondary N) is 1. The van der Waals surface area contributed by atoms with Gasteiger partial charge in [0, 0.05) is 36.6 Å². The van der Waals surface area contributed by atoms with Crippen molar-refractivity contribution in [2.75, 3.05) is 31.6 Å². The van der Waals surface area contributed by atoms with Gasteiger partial charge in [-0.05, 0) is 50.6 Å². The SMILES string of the molecule is Cc1cc(C)nc(-n2nc(C)cc2NC(=O)/C=C/c2ccc(S(=O)(=O)N3CCOCC3)cc2)n1. The second kappa shape index (κ2) is 9.84. The molecular weight excluding hydrogens is 456 g/mol. The van der Waals surface area contributed by atoms with Crippen LogP contribution in [0.25, 0.3) is 12.0 Å². The number of benzene rings is 1. The molecule has 0 saturated carbocycles. The van der Waals surface area contributed by atoms with Crippen LogP contribution in [0.5, 0.6) is 0 Å². The van der Waals surface area contributed by atoms with E-state index >= 15 is 0 Å². The van der Waals surface area contributed by atoms with Gasteiger partial charge in [0.1, 0.15) is 5.82 Å². The summed E-state index contributed by atoms with van der Waals surface area (Å²) >= 11 is 0. The van der Waals surface area contributed by atoms with E-state index in [9.17, 15) is 13.2 Å². The summed E-state index contributed by atoms with van der Waals surface area (Å²) in [6.45, 7) is 7.02. The van der Waals surface area contributed by atoms with Gasteiger partial charge in [-0.2, -0.15) is 14.1 Å². The van der Waals surface area contributed by atoms with E-state index in [4.69, 9.17) is 4.74 Å². The number of aromatic nitrogens is 4. The van der Waals surface area contributed by atoms with E-state index in [1.807, 2.05) is 26.8 Å². The van der Waals surface area contributed by atoms with Crippen molar-refractivity contribution >= 4 is 27.8 Å². The molecule has 4 rings (SSSR count). The van der Waals surface area contributed by atoms with Crippen LogP contribution in [0, 0.1) is 20.8 Å². The van der Waals surface area contributed by atoms with Gasteiger partial charge in [-0.3, -0.25) is 4.79 Å². The van der Waals surface area contributed by atoms with E-state index in [1.54, 1.807) is 24.3 Å². The largest absolute Gasteiger partial charge is 0.379 e. The first-order valence-corrected chi connectivity index (χ1v) is 12.2. The van der Waals surface area contributed by atoms with Crippen molar-refractivity contribution in [3.8, 4) is 5.95 Å². The zero-order valence-corrected chi connectivity index (χ0v) is 20.0. The summed E-state index contributed by atoms with van der Waals surface area (Å²) in [5.74, 6) is 0.460. The fraction of sp³-hybridized carbons (Fsp3) is 0.304. The molecule has 0 aliphatic carbocycles. The number of amides is 1. The topological polar surface area (TPSA) is 119 Å². The van der Waals surface area contributed by atoms with Crippen LogP contribution < -0.4 is 5.32 Å². The van der Waals surface area contributed by atoms with Gasteiger partial charge in [-0.1, -0.05) is 12.1 Å². The predicted octanol–water partition coefficient (Wildman–Crippen LogP) is 2.26. The van der Waals surface area contributed by atoms with Crippen LogP contribution in [-0.4, -0.2) is 64.7 Å². The Morgan fingerprint density at radius 1 is 1.00 bits per heavy atom. The molecule has 3 heterocycles. The van der Waals surface area contributed by atoms with E-state index in [-0.39, 0.29) is 10.8 Å². The lowest BCUT2D eigenvalue weighted by Crippen LogP contribution is -2.40. The van der Waals surface area contributed by atoms with Gasteiger partial charge >= 0.3 is 0 Å². The van der Waals surface area contributed by atoms with Crippen LogP contribution in [-0.2, 0) is 19.6 Å². The fourth-order valence-electron chi connectivity index (χ4n) is 3.57. The Morgan fingerprint density at radius 3 is 2.29 bits per heavy atom. The molecule has 3 aromatic rings. The van der Waals surface area contributed by atoms with Crippen molar-refractivity contribution in [1.82, 2.24) is 24.1 Å². The Bertz CT molecular complexity index is 1310. The summed E-state index contributed by atoms with van der Waals surface area (Å²) in [6, 6.07) is 10.00. The van der Waals surface area contributed by atoms with E-state index in [0.29, 0.717) is 49.3 Å².